The number of ether oxygens (including phenoxy) is 2. The fraction of sp³-hybridized carbons (Fsp3) is 0.250. The third-order valence-electron chi connectivity index (χ3n) is 3.11. The van der Waals surface area contributed by atoms with E-state index in [-0.39, 0.29) is 0 Å². The predicted molar refractivity (Wildman–Crippen MR) is 85.9 cm³/mol. The molecule has 0 heterocycles. The molecule has 6 nitrogen and oxygen atoms in total. The van der Waals surface area contributed by atoms with E-state index in [1.165, 1.54) is 0 Å². The lowest BCUT2D eigenvalue weighted by Crippen LogP contribution is -1.87. The monoisotopic (exact) mass is 298 g/mol. The van der Waals surface area contributed by atoms with Crippen molar-refractivity contribution in [1.29, 1.82) is 0 Å². The van der Waals surface area contributed by atoms with Crippen LogP contribution in [0.1, 0.15) is 0 Å². The molecular formula is C16H18N4O2. The number of methoxy groups -OCH3 is 2. The van der Waals surface area contributed by atoms with Crippen molar-refractivity contribution in [3.8, 4) is 22.6 Å². The van der Waals surface area contributed by atoms with E-state index in [1.807, 2.05) is 36.4 Å². The molecule has 0 N–H and O–H groups in total. The van der Waals surface area contributed by atoms with Gasteiger partial charge in [-0.1, -0.05) is 12.1 Å². The van der Waals surface area contributed by atoms with Gasteiger partial charge in [0.2, 0.25) is 0 Å². The maximum Gasteiger partial charge on any atom is 0.146 e. The fourth-order valence-electron chi connectivity index (χ4n) is 2.10. The minimum Gasteiger partial charge on any atom is -0.494 e. The molecule has 0 aliphatic rings. The van der Waals surface area contributed by atoms with Crippen molar-refractivity contribution in [2.75, 3.05) is 28.3 Å². The van der Waals surface area contributed by atoms with Gasteiger partial charge in [0.05, 0.1) is 14.2 Å². The summed E-state index contributed by atoms with van der Waals surface area (Å²) in [5.74, 6) is 1.33. The highest BCUT2D eigenvalue weighted by Crippen LogP contribution is 2.36. The third-order valence-corrected chi connectivity index (χ3v) is 3.11. The van der Waals surface area contributed by atoms with Gasteiger partial charge in [-0.25, -0.2) is 0 Å². The zero-order chi connectivity index (χ0) is 15.9. The molecule has 0 fully saturated rings. The lowest BCUT2D eigenvalue weighted by molar-refractivity contribution is 0.415. The Morgan fingerprint density at radius 3 is 1.41 bits per heavy atom. The van der Waals surface area contributed by atoms with Crippen molar-refractivity contribution >= 4 is 11.4 Å². The maximum atomic E-state index is 5.36. The number of hydrogen-bond acceptors (Lipinski definition) is 6. The van der Waals surface area contributed by atoms with Crippen LogP contribution >= 0.6 is 0 Å². The van der Waals surface area contributed by atoms with Crippen molar-refractivity contribution in [1.82, 2.24) is 0 Å². The quantitative estimate of drug-likeness (QED) is 0.744. The van der Waals surface area contributed by atoms with Crippen LogP contribution in [0.4, 0.5) is 11.4 Å². The summed E-state index contributed by atoms with van der Waals surface area (Å²) >= 11 is 0. The maximum absolute atomic E-state index is 5.36. The first-order valence-electron chi connectivity index (χ1n) is 6.69. The van der Waals surface area contributed by atoms with Crippen LogP contribution in [0.3, 0.4) is 0 Å². The molecular weight excluding hydrogens is 280 g/mol. The molecule has 114 valence electrons. The van der Waals surface area contributed by atoms with Crippen LogP contribution in [0.15, 0.2) is 56.9 Å². The van der Waals surface area contributed by atoms with Crippen LogP contribution in [0.2, 0.25) is 0 Å². The summed E-state index contributed by atoms with van der Waals surface area (Å²) in [4.78, 5) is 0. The van der Waals surface area contributed by atoms with Gasteiger partial charge in [-0.05, 0) is 35.4 Å². The molecule has 22 heavy (non-hydrogen) atoms. The van der Waals surface area contributed by atoms with Crippen molar-refractivity contribution in [3.05, 3.63) is 36.4 Å². The Morgan fingerprint density at radius 1 is 0.682 bits per heavy atom. The molecule has 2 rings (SSSR count). The number of nitrogens with zero attached hydrogens (tertiary/aromatic N) is 4. The highest BCUT2D eigenvalue weighted by atomic mass is 16.5. The van der Waals surface area contributed by atoms with Gasteiger partial charge in [-0.2, -0.15) is 20.5 Å². The zero-order valence-corrected chi connectivity index (χ0v) is 13.1. The van der Waals surface area contributed by atoms with Crippen LogP contribution in [0.5, 0.6) is 11.5 Å². The van der Waals surface area contributed by atoms with Gasteiger partial charge in [0, 0.05) is 14.1 Å². The standard InChI is InChI=1S/C16H18N4O2/c1-17-19-13-7-5-11(9-15(13)21-3)12-6-8-14(20-18-2)16(10-12)22-4/h5-10H,1-4H3. The molecule has 0 saturated carbocycles. The molecule has 0 aliphatic carbocycles. The first-order valence-corrected chi connectivity index (χ1v) is 6.69. The highest BCUT2D eigenvalue weighted by molar-refractivity contribution is 5.73. The number of hydrogen-bond donors (Lipinski definition) is 0. The van der Waals surface area contributed by atoms with Crippen molar-refractivity contribution < 1.29 is 9.47 Å². The molecule has 0 radical (unpaired) electrons. The van der Waals surface area contributed by atoms with Crippen LogP contribution in [0.25, 0.3) is 11.1 Å². The molecule has 6 heteroatoms. The smallest absolute Gasteiger partial charge is 0.146 e. The van der Waals surface area contributed by atoms with Gasteiger partial charge in [-0.15, -0.1) is 0 Å². The third kappa shape index (κ3) is 3.28. The summed E-state index contributed by atoms with van der Waals surface area (Å²) < 4.78 is 10.7. The van der Waals surface area contributed by atoms with E-state index >= 15 is 0 Å². The molecule has 0 unspecified atom stereocenters. The van der Waals surface area contributed by atoms with Gasteiger partial charge in [-0.3, -0.25) is 0 Å². The van der Waals surface area contributed by atoms with E-state index in [0.717, 1.165) is 11.1 Å². The molecule has 0 atom stereocenters. The lowest BCUT2D eigenvalue weighted by Gasteiger charge is -2.10. The Labute approximate surface area is 129 Å². The molecule has 0 saturated heterocycles. The Bertz CT molecular complexity index is 650. The SMILES string of the molecule is CN=Nc1ccc(-c2ccc(N=NC)c(OC)c2)cc1OC. The number of rotatable bonds is 5. The lowest BCUT2D eigenvalue weighted by atomic mass is 10.0. The topological polar surface area (TPSA) is 67.9 Å². The summed E-state index contributed by atoms with van der Waals surface area (Å²) in [5, 5.41) is 15.6. The highest BCUT2D eigenvalue weighted by Gasteiger charge is 2.09. The van der Waals surface area contributed by atoms with E-state index < -0.39 is 0 Å². The van der Waals surface area contributed by atoms with E-state index in [1.54, 1.807) is 28.3 Å². The van der Waals surface area contributed by atoms with Gasteiger partial charge in [0.1, 0.15) is 22.9 Å². The van der Waals surface area contributed by atoms with E-state index in [4.69, 9.17) is 9.47 Å². The average molecular weight is 298 g/mol. The van der Waals surface area contributed by atoms with Crippen LogP contribution in [-0.4, -0.2) is 28.3 Å². The minimum atomic E-state index is 0.666. The molecule has 2 aromatic carbocycles. The summed E-state index contributed by atoms with van der Waals surface area (Å²) in [6, 6.07) is 11.5. The van der Waals surface area contributed by atoms with E-state index in [9.17, 15) is 0 Å². The van der Waals surface area contributed by atoms with Crippen LogP contribution < -0.4 is 9.47 Å². The normalized spacial score (nSPS) is 11.3. The second-order valence-corrected chi connectivity index (χ2v) is 4.37. The summed E-state index contributed by atoms with van der Waals surface area (Å²) in [7, 11) is 6.47. The summed E-state index contributed by atoms with van der Waals surface area (Å²) in [6.07, 6.45) is 0. The largest absolute Gasteiger partial charge is 0.494 e. The minimum absolute atomic E-state index is 0.666. The van der Waals surface area contributed by atoms with Crippen molar-refractivity contribution in [3.63, 3.8) is 0 Å². The first kappa shape index (κ1) is 15.6. The molecule has 0 amide bonds. The zero-order valence-electron chi connectivity index (χ0n) is 13.1. The Hall–Kier alpha value is -2.76. The molecule has 2 aromatic rings. The molecule has 0 aliphatic heterocycles. The summed E-state index contributed by atoms with van der Waals surface area (Å²) in [6.45, 7) is 0. The van der Waals surface area contributed by atoms with Crippen molar-refractivity contribution in [2.24, 2.45) is 20.5 Å². The van der Waals surface area contributed by atoms with Gasteiger partial charge in [0.15, 0.2) is 0 Å². The van der Waals surface area contributed by atoms with Crippen LogP contribution in [0, 0.1) is 0 Å². The molecule has 0 spiro atoms. The Balaban J connectivity index is 2.47. The van der Waals surface area contributed by atoms with Gasteiger partial charge < -0.3 is 9.47 Å². The fourth-order valence-corrected chi connectivity index (χ4v) is 2.10. The Morgan fingerprint density at radius 2 is 1.09 bits per heavy atom. The van der Waals surface area contributed by atoms with Crippen molar-refractivity contribution in [2.45, 2.75) is 0 Å². The van der Waals surface area contributed by atoms with E-state index in [2.05, 4.69) is 20.5 Å². The van der Waals surface area contributed by atoms with Crippen LogP contribution in [-0.2, 0) is 0 Å². The molecule has 0 aromatic heterocycles. The first-order chi connectivity index (χ1) is 10.7. The number of azo groups is 2. The second kappa shape index (κ2) is 7.31. The predicted octanol–water partition coefficient (Wildman–Crippen LogP) is 4.80. The van der Waals surface area contributed by atoms with Gasteiger partial charge in [0.25, 0.3) is 0 Å². The average Bonchev–Trinajstić information content (AvgIpc) is 2.56. The Kier molecular flexibility index (Phi) is 5.19. The summed E-state index contributed by atoms with van der Waals surface area (Å²) in [5.41, 5.74) is 3.37. The van der Waals surface area contributed by atoms with Gasteiger partial charge >= 0.3 is 0 Å². The number of benzene rings is 2. The van der Waals surface area contributed by atoms with E-state index in [0.29, 0.717) is 22.9 Å². The molecule has 0 bridgehead atoms. The second-order valence-electron chi connectivity index (χ2n) is 4.37.